The first-order valence-electron chi connectivity index (χ1n) is 11.7. The molecule has 0 N–H and O–H groups in total. The normalized spacial score (nSPS) is 11.1. The summed E-state index contributed by atoms with van der Waals surface area (Å²) in [5, 5.41) is 27.4. The zero-order valence-electron chi connectivity index (χ0n) is 20.2. The first-order chi connectivity index (χ1) is 18.9. The lowest BCUT2D eigenvalue weighted by Gasteiger charge is -2.11. The molecule has 0 saturated heterocycles. The number of nitro benzene ring substituents is 2. The van der Waals surface area contributed by atoms with Crippen LogP contribution in [0.15, 0.2) is 107 Å². The van der Waals surface area contributed by atoms with Crippen LogP contribution in [0.5, 0.6) is 5.75 Å². The molecule has 0 unspecified atom stereocenters. The van der Waals surface area contributed by atoms with Gasteiger partial charge in [0.2, 0.25) is 5.75 Å². The highest BCUT2D eigenvalue weighted by atomic mass is 16.6. The van der Waals surface area contributed by atoms with Crippen LogP contribution in [0, 0.1) is 20.2 Å². The van der Waals surface area contributed by atoms with Crippen molar-refractivity contribution in [2.24, 2.45) is 5.10 Å². The first kappa shape index (κ1) is 25.0. The van der Waals surface area contributed by atoms with E-state index in [4.69, 9.17) is 4.74 Å². The third-order valence-corrected chi connectivity index (χ3v) is 5.85. The minimum atomic E-state index is -0.582. The molecule has 11 heteroatoms. The van der Waals surface area contributed by atoms with Crippen LogP contribution < -0.4 is 10.3 Å². The number of fused-ring (bicyclic) bond motifs is 1. The highest BCUT2D eigenvalue weighted by Crippen LogP contribution is 2.31. The Labute approximate surface area is 220 Å². The van der Waals surface area contributed by atoms with Crippen molar-refractivity contribution in [1.29, 1.82) is 0 Å². The van der Waals surface area contributed by atoms with E-state index in [1.807, 2.05) is 18.2 Å². The largest absolute Gasteiger partial charge is 0.481 e. The van der Waals surface area contributed by atoms with Gasteiger partial charge >= 0.3 is 5.69 Å². The van der Waals surface area contributed by atoms with E-state index in [1.54, 1.807) is 42.5 Å². The Hall–Kier alpha value is -5.71. The van der Waals surface area contributed by atoms with Crippen molar-refractivity contribution in [2.45, 2.75) is 6.61 Å². The predicted molar refractivity (Wildman–Crippen MR) is 145 cm³/mol. The number of para-hydroxylation sites is 2. The van der Waals surface area contributed by atoms with E-state index in [2.05, 4.69) is 10.1 Å². The van der Waals surface area contributed by atoms with E-state index in [9.17, 15) is 25.0 Å². The second-order valence-corrected chi connectivity index (χ2v) is 8.34. The molecule has 0 saturated carbocycles. The molecule has 192 valence electrons. The maximum absolute atomic E-state index is 13.4. The Kier molecular flexibility index (Phi) is 6.86. The lowest BCUT2D eigenvalue weighted by molar-refractivity contribution is -0.386. The van der Waals surface area contributed by atoms with Crippen LogP contribution in [0.2, 0.25) is 0 Å². The molecule has 0 atom stereocenters. The summed E-state index contributed by atoms with van der Waals surface area (Å²) in [5.41, 5.74) is 1.21. The summed E-state index contributed by atoms with van der Waals surface area (Å²) >= 11 is 0. The molecule has 0 bridgehead atoms. The summed E-state index contributed by atoms with van der Waals surface area (Å²) in [4.78, 5) is 39.6. The molecule has 5 rings (SSSR count). The molecule has 0 spiro atoms. The van der Waals surface area contributed by atoms with E-state index >= 15 is 0 Å². The van der Waals surface area contributed by atoms with E-state index in [0.717, 1.165) is 4.68 Å². The fraction of sp³-hybridized carbons (Fsp3) is 0.0357. The van der Waals surface area contributed by atoms with Gasteiger partial charge in [0, 0.05) is 29.3 Å². The number of benzene rings is 4. The summed E-state index contributed by atoms with van der Waals surface area (Å²) in [5.74, 6) is 0.238. The van der Waals surface area contributed by atoms with E-state index in [0.29, 0.717) is 27.9 Å². The molecule has 39 heavy (non-hydrogen) atoms. The molecule has 11 nitrogen and oxygen atoms in total. The number of hydrogen-bond acceptors (Lipinski definition) is 8. The van der Waals surface area contributed by atoms with Crippen molar-refractivity contribution >= 4 is 28.5 Å². The Morgan fingerprint density at radius 2 is 1.56 bits per heavy atom. The average Bonchev–Trinajstić information content (AvgIpc) is 2.96. The third-order valence-electron chi connectivity index (χ3n) is 5.85. The highest BCUT2D eigenvalue weighted by Gasteiger charge is 2.19. The Morgan fingerprint density at radius 3 is 2.28 bits per heavy atom. The van der Waals surface area contributed by atoms with Crippen molar-refractivity contribution < 1.29 is 14.6 Å². The van der Waals surface area contributed by atoms with Gasteiger partial charge in [-0.3, -0.25) is 25.0 Å². The minimum absolute atomic E-state index is 0.0624. The fourth-order valence-corrected chi connectivity index (χ4v) is 3.94. The number of aromatic nitrogens is 2. The topological polar surface area (TPSA) is 143 Å². The van der Waals surface area contributed by atoms with Crippen molar-refractivity contribution in [2.75, 3.05) is 0 Å². The Morgan fingerprint density at radius 1 is 0.846 bits per heavy atom. The lowest BCUT2D eigenvalue weighted by Crippen LogP contribution is -2.20. The predicted octanol–water partition coefficient (Wildman–Crippen LogP) is 5.34. The van der Waals surface area contributed by atoms with E-state index in [-0.39, 0.29) is 29.3 Å². The van der Waals surface area contributed by atoms with Crippen molar-refractivity contribution in [3.63, 3.8) is 0 Å². The molecule has 0 aliphatic carbocycles. The average molecular weight is 521 g/mol. The third kappa shape index (κ3) is 5.23. The van der Waals surface area contributed by atoms with Crippen LogP contribution in [-0.2, 0) is 6.61 Å². The summed E-state index contributed by atoms with van der Waals surface area (Å²) in [6.45, 7) is -0.0869. The minimum Gasteiger partial charge on any atom is -0.481 e. The monoisotopic (exact) mass is 521 g/mol. The highest BCUT2D eigenvalue weighted by molar-refractivity contribution is 5.86. The quantitative estimate of drug-likeness (QED) is 0.152. The number of ether oxygens (including phenoxy) is 1. The number of hydrogen-bond donors (Lipinski definition) is 0. The number of rotatable bonds is 8. The number of nitro groups is 2. The standard InChI is InChI=1S/C28H19N5O6/c34-28-23-10-4-5-11-24(23)30-27(20-7-2-1-3-8-20)31(28)29-17-21-9-6-12-25(33(37)38)26(21)39-18-19-13-15-22(16-14-19)32(35)36/h1-17H,18H2. The number of nitrogens with zero attached hydrogens (tertiary/aromatic N) is 5. The molecule has 1 heterocycles. The smallest absolute Gasteiger partial charge is 0.311 e. The maximum Gasteiger partial charge on any atom is 0.311 e. The van der Waals surface area contributed by atoms with Gasteiger partial charge in [-0.05, 0) is 35.9 Å². The van der Waals surface area contributed by atoms with Gasteiger partial charge in [-0.1, -0.05) is 48.5 Å². The molecular weight excluding hydrogens is 502 g/mol. The van der Waals surface area contributed by atoms with Crippen molar-refractivity contribution in [3.8, 4) is 17.1 Å². The molecule has 5 aromatic rings. The summed E-state index contributed by atoms with van der Waals surface area (Å²) < 4.78 is 6.96. The summed E-state index contributed by atoms with van der Waals surface area (Å²) in [6.07, 6.45) is 1.31. The lowest BCUT2D eigenvalue weighted by atomic mass is 10.1. The van der Waals surface area contributed by atoms with Crippen LogP contribution in [-0.4, -0.2) is 25.7 Å². The summed E-state index contributed by atoms with van der Waals surface area (Å²) in [7, 11) is 0. The molecule has 0 fully saturated rings. The van der Waals surface area contributed by atoms with Crippen molar-refractivity contribution in [1.82, 2.24) is 9.66 Å². The second kappa shape index (κ2) is 10.7. The molecule has 0 radical (unpaired) electrons. The molecular formula is C28H19N5O6. The molecule has 1 aromatic heterocycles. The van der Waals surface area contributed by atoms with E-state index in [1.165, 1.54) is 42.6 Å². The van der Waals surface area contributed by atoms with Gasteiger partial charge in [0.1, 0.15) is 6.61 Å². The van der Waals surface area contributed by atoms with Gasteiger partial charge in [-0.25, -0.2) is 4.98 Å². The van der Waals surface area contributed by atoms with Gasteiger partial charge in [0.05, 0.1) is 27.0 Å². The van der Waals surface area contributed by atoms with Gasteiger partial charge in [0.25, 0.3) is 11.2 Å². The zero-order chi connectivity index (χ0) is 27.4. The van der Waals surface area contributed by atoms with Crippen LogP contribution in [0.3, 0.4) is 0 Å². The number of non-ortho nitro benzene ring substituents is 1. The van der Waals surface area contributed by atoms with Crippen molar-refractivity contribution in [3.05, 3.63) is 139 Å². The van der Waals surface area contributed by atoms with Gasteiger partial charge in [0.15, 0.2) is 5.82 Å². The van der Waals surface area contributed by atoms with Crippen LogP contribution >= 0.6 is 0 Å². The van der Waals surface area contributed by atoms with Crippen LogP contribution in [0.25, 0.3) is 22.3 Å². The molecule has 0 aliphatic rings. The van der Waals surface area contributed by atoms with Crippen LogP contribution in [0.1, 0.15) is 11.1 Å². The molecule has 0 amide bonds. The van der Waals surface area contributed by atoms with E-state index < -0.39 is 15.4 Å². The molecule has 4 aromatic carbocycles. The Bertz CT molecular complexity index is 1780. The maximum atomic E-state index is 13.4. The van der Waals surface area contributed by atoms with Gasteiger partial charge in [-0.15, -0.1) is 0 Å². The second-order valence-electron chi connectivity index (χ2n) is 8.34. The summed E-state index contributed by atoms with van der Waals surface area (Å²) in [6, 6.07) is 26.0. The Balaban J connectivity index is 1.57. The van der Waals surface area contributed by atoms with Gasteiger partial charge < -0.3 is 4.74 Å². The zero-order valence-corrected chi connectivity index (χ0v) is 20.2. The first-order valence-corrected chi connectivity index (χ1v) is 11.7. The van der Waals surface area contributed by atoms with Gasteiger partial charge in [-0.2, -0.15) is 9.78 Å². The SMILES string of the molecule is O=c1c2ccccc2nc(-c2ccccc2)n1N=Cc1cccc([N+](=O)[O-])c1OCc1ccc([N+](=O)[O-])cc1. The fourth-order valence-electron chi connectivity index (χ4n) is 3.94. The molecule has 0 aliphatic heterocycles. The van der Waals surface area contributed by atoms with Crippen LogP contribution in [0.4, 0.5) is 11.4 Å².